The smallest absolute Gasteiger partial charge is 0.165 e. The predicted molar refractivity (Wildman–Crippen MR) is 99.7 cm³/mol. The Hall–Kier alpha value is -1.71. The Kier molecular flexibility index (Phi) is 7.07. The number of amidine groups is 1. The highest BCUT2D eigenvalue weighted by Crippen LogP contribution is 2.23. The number of benzene rings is 2. The van der Waals surface area contributed by atoms with Crippen LogP contribution in [-0.4, -0.2) is 5.17 Å². The normalized spacial score (nSPS) is 11.8. The van der Waals surface area contributed by atoms with Crippen LogP contribution in [0.2, 0.25) is 5.02 Å². The van der Waals surface area contributed by atoms with Crippen molar-refractivity contribution < 1.29 is 0 Å². The number of halogens is 1. The van der Waals surface area contributed by atoms with Gasteiger partial charge in [0.2, 0.25) is 0 Å². The summed E-state index contributed by atoms with van der Waals surface area (Å²) in [4.78, 5) is 4.49. The number of hydrogen-bond acceptors (Lipinski definition) is 2. The Morgan fingerprint density at radius 2 is 1.86 bits per heavy atom. The Labute approximate surface area is 141 Å². The predicted octanol–water partition coefficient (Wildman–Crippen LogP) is 5.97. The molecule has 2 aromatic rings. The topological polar surface area (TPSA) is 24.4 Å². The zero-order chi connectivity index (χ0) is 15.6. The molecule has 2 rings (SSSR count). The lowest BCUT2D eigenvalue weighted by molar-refractivity contribution is 1.21. The van der Waals surface area contributed by atoms with Gasteiger partial charge >= 0.3 is 0 Å². The van der Waals surface area contributed by atoms with Crippen LogP contribution in [-0.2, 0) is 5.75 Å². The second-order valence-corrected chi connectivity index (χ2v) is 5.98. The van der Waals surface area contributed by atoms with Gasteiger partial charge in [0.25, 0.3) is 0 Å². The molecule has 1 N–H and O–H groups in total. The van der Waals surface area contributed by atoms with Gasteiger partial charge in [0.15, 0.2) is 5.17 Å². The van der Waals surface area contributed by atoms with Gasteiger partial charge in [0.05, 0.1) is 10.7 Å². The van der Waals surface area contributed by atoms with Gasteiger partial charge in [-0.1, -0.05) is 78.8 Å². The van der Waals surface area contributed by atoms with Crippen LogP contribution in [0.4, 0.5) is 5.69 Å². The highest BCUT2D eigenvalue weighted by molar-refractivity contribution is 8.13. The van der Waals surface area contributed by atoms with Crippen LogP contribution in [0.25, 0.3) is 0 Å². The van der Waals surface area contributed by atoms with Crippen LogP contribution in [0.1, 0.15) is 18.9 Å². The number of para-hydroxylation sites is 1. The molecule has 0 aromatic heterocycles. The first kappa shape index (κ1) is 16.7. The van der Waals surface area contributed by atoms with Gasteiger partial charge in [-0.25, -0.2) is 4.99 Å². The number of nitrogens with one attached hydrogen (secondary N) is 1. The Morgan fingerprint density at radius 1 is 1.14 bits per heavy atom. The van der Waals surface area contributed by atoms with Gasteiger partial charge in [-0.15, -0.1) is 0 Å². The molecule has 0 aliphatic heterocycles. The monoisotopic (exact) mass is 330 g/mol. The number of thioether (sulfide) groups is 1. The summed E-state index contributed by atoms with van der Waals surface area (Å²) >= 11 is 7.86. The third-order valence-corrected chi connectivity index (χ3v) is 4.15. The van der Waals surface area contributed by atoms with Crippen molar-refractivity contribution in [2.45, 2.75) is 19.1 Å². The molecule has 0 fully saturated rings. The van der Waals surface area contributed by atoms with E-state index < -0.39 is 0 Å². The number of aliphatic imine (C=N–C) groups is 1. The first-order chi connectivity index (χ1) is 10.8. The molecule has 0 bridgehead atoms. The third-order valence-electron chi connectivity index (χ3n) is 2.87. The van der Waals surface area contributed by atoms with E-state index in [1.54, 1.807) is 11.8 Å². The van der Waals surface area contributed by atoms with Crippen LogP contribution >= 0.6 is 23.4 Å². The van der Waals surface area contributed by atoms with E-state index >= 15 is 0 Å². The minimum absolute atomic E-state index is 0.690. The summed E-state index contributed by atoms with van der Waals surface area (Å²) in [6.07, 6.45) is 4.82. The van der Waals surface area contributed by atoms with Crippen molar-refractivity contribution in [3.05, 3.63) is 77.5 Å². The molecule has 0 spiro atoms. The molecule has 0 saturated carbocycles. The lowest BCUT2D eigenvalue weighted by atomic mass is 10.2. The van der Waals surface area contributed by atoms with E-state index in [0.717, 1.165) is 23.0 Å². The molecule has 0 aliphatic rings. The molecule has 4 heteroatoms. The highest BCUT2D eigenvalue weighted by atomic mass is 35.5. The zero-order valence-corrected chi connectivity index (χ0v) is 14.1. The summed E-state index contributed by atoms with van der Waals surface area (Å²) in [5.74, 6) is 0.858. The first-order valence-corrected chi connectivity index (χ1v) is 8.57. The van der Waals surface area contributed by atoms with Crippen LogP contribution < -0.4 is 5.32 Å². The maximum absolute atomic E-state index is 6.20. The quantitative estimate of drug-likeness (QED) is 0.540. The molecule has 2 aromatic carbocycles. The van der Waals surface area contributed by atoms with E-state index in [9.17, 15) is 0 Å². The molecule has 0 heterocycles. The maximum atomic E-state index is 6.20. The van der Waals surface area contributed by atoms with Gasteiger partial charge in [-0.05, 0) is 24.1 Å². The summed E-state index contributed by atoms with van der Waals surface area (Å²) in [6.45, 7) is 2.09. The van der Waals surface area contributed by atoms with Crippen LogP contribution in [0.5, 0.6) is 0 Å². The Morgan fingerprint density at radius 3 is 2.59 bits per heavy atom. The van der Waals surface area contributed by atoms with E-state index in [4.69, 9.17) is 11.6 Å². The fourth-order valence-electron chi connectivity index (χ4n) is 1.74. The largest absolute Gasteiger partial charge is 0.333 e. The number of allylic oxidation sites excluding steroid dienone is 1. The second-order valence-electron chi connectivity index (χ2n) is 4.61. The molecule has 0 aliphatic carbocycles. The van der Waals surface area contributed by atoms with E-state index in [2.05, 4.69) is 29.4 Å². The highest BCUT2D eigenvalue weighted by Gasteiger charge is 2.04. The molecule has 0 unspecified atom stereocenters. The van der Waals surface area contributed by atoms with Gasteiger partial charge in [0, 0.05) is 12.0 Å². The summed E-state index contributed by atoms with van der Waals surface area (Å²) in [5.41, 5.74) is 2.13. The molecular weight excluding hydrogens is 312 g/mol. The molecule has 0 saturated heterocycles. The average Bonchev–Trinajstić information content (AvgIpc) is 2.55. The van der Waals surface area contributed by atoms with Gasteiger partial charge in [0.1, 0.15) is 0 Å². The van der Waals surface area contributed by atoms with Crippen LogP contribution in [0.3, 0.4) is 0 Å². The van der Waals surface area contributed by atoms with Gasteiger partial charge < -0.3 is 5.32 Å². The zero-order valence-electron chi connectivity index (χ0n) is 12.5. The van der Waals surface area contributed by atoms with Crippen molar-refractivity contribution in [2.24, 2.45) is 4.99 Å². The van der Waals surface area contributed by atoms with Crippen LogP contribution in [0.15, 0.2) is 71.9 Å². The Bertz CT molecular complexity index is 639. The summed E-state index contributed by atoms with van der Waals surface area (Å²) in [5, 5.41) is 4.83. The standard InChI is InChI=1S/C18H19ClN2S/c1-2-3-13-20-18(21-17-12-8-7-11-16(17)19)22-14-15-9-5-4-6-10-15/h3-13H,2,14H2,1H3,(H,20,21)/b13-3+. The fourth-order valence-corrected chi connectivity index (χ4v) is 2.73. The lowest BCUT2D eigenvalue weighted by Gasteiger charge is -2.10. The minimum atomic E-state index is 0.690. The van der Waals surface area contributed by atoms with Crippen LogP contribution in [0, 0.1) is 0 Å². The number of nitrogens with zero attached hydrogens (tertiary/aromatic N) is 1. The van der Waals surface area contributed by atoms with Gasteiger partial charge in [-0.3, -0.25) is 0 Å². The SMILES string of the molecule is CC/C=C/N=C(Nc1ccccc1Cl)SCc1ccccc1. The molecule has 0 amide bonds. The van der Waals surface area contributed by atoms with Crippen molar-refractivity contribution in [1.29, 1.82) is 0 Å². The molecule has 114 valence electrons. The van der Waals surface area contributed by atoms with E-state index in [-0.39, 0.29) is 0 Å². The maximum Gasteiger partial charge on any atom is 0.165 e. The van der Waals surface area contributed by atoms with E-state index in [0.29, 0.717) is 5.02 Å². The average molecular weight is 331 g/mol. The van der Waals surface area contributed by atoms with Crippen molar-refractivity contribution in [3.8, 4) is 0 Å². The third kappa shape index (κ3) is 5.58. The lowest BCUT2D eigenvalue weighted by Crippen LogP contribution is -2.08. The van der Waals surface area contributed by atoms with Crippen molar-refractivity contribution in [3.63, 3.8) is 0 Å². The molecular formula is C18H19ClN2S. The van der Waals surface area contributed by atoms with Crippen molar-refractivity contribution in [2.75, 3.05) is 5.32 Å². The summed E-state index contributed by atoms with van der Waals surface area (Å²) in [6, 6.07) is 18.0. The Balaban J connectivity index is 2.08. The van der Waals surface area contributed by atoms with Gasteiger partial charge in [-0.2, -0.15) is 0 Å². The van der Waals surface area contributed by atoms with E-state index in [1.165, 1.54) is 5.56 Å². The number of anilines is 1. The molecule has 0 atom stereocenters. The number of hydrogen-bond donors (Lipinski definition) is 1. The molecule has 22 heavy (non-hydrogen) atoms. The molecule has 2 nitrogen and oxygen atoms in total. The van der Waals surface area contributed by atoms with Crippen molar-refractivity contribution in [1.82, 2.24) is 0 Å². The molecule has 0 radical (unpaired) electrons. The summed E-state index contributed by atoms with van der Waals surface area (Å²) in [7, 11) is 0. The second kappa shape index (κ2) is 9.34. The van der Waals surface area contributed by atoms with E-state index in [1.807, 2.05) is 54.7 Å². The first-order valence-electron chi connectivity index (χ1n) is 7.20. The minimum Gasteiger partial charge on any atom is -0.333 e. The fraction of sp³-hybridized carbons (Fsp3) is 0.167. The van der Waals surface area contributed by atoms with Crippen molar-refractivity contribution >= 4 is 34.2 Å². The summed E-state index contributed by atoms with van der Waals surface area (Å²) < 4.78 is 0. The number of rotatable bonds is 5.